The van der Waals surface area contributed by atoms with Crippen LogP contribution in [0.2, 0.25) is 0 Å². The topological polar surface area (TPSA) is 70.7 Å². The molecule has 0 spiro atoms. The molecule has 0 unspecified atom stereocenters. The number of amides is 1. The summed E-state index contributed by atoms with van der Waals surface area (Å²) in [4.78, 5) is 16.3. The number of hydrogen-bond donors (Lipinski definition) is 1. The second-order valence-corrected chi connectivity index (χ2v) is 6.35. The van der Waals surface area contributed by atoms with Crippen LogP contribution in [-0.4, -0.2) is 26.2 Å². The number of aromatic nitrogens is 2. The monoisotopic (exact) mass is 280 g/mol. The van der Waals surface area contributed by atoms with Gasteiger partial charge in [-0.3, -0.25) is 4.79 Å². The predicted octanol–water partition coefficient (Wildman–Crippen LogP) is 1.96. The molecule has 0 aromatic carbocycles. The first-order valence-corrected chi connectivity index (χ1v) is 7.05. The number of rotatable bonds is 5. The van der Waals surface area contributed by atoms with Gasteiger partial charge >= 0.3 is 0 Å². The lowest BCUT2D eigenvalue weighted by Gasteiger charge is -2.28. The Bertz CT molecular complexity index is 491. The Morgan fingerprint density at radius 2 is 2.21 bits per heavy atom. The number of imidazole rings is 1. The summed E-state index contributed by atoms with van der Waals surface area (Å²) in [5.74, 6) is -0.0995. The number of carbonyl (C=O) groups excluding carboxylic acids is 1. The maximum atomic E-state index is 12.1. The SMILES string of the molecule is CC(C)[C@](C)(C#N)NC(=O)[C@@H](C)Sc1nccn1C. The number of nitrogens with one attached hydrogen (secondary N) is 1. The van der Waals surface area contributed by atoms with Gasteiger partial charge in [0.1, 0.15) is 5.54 Å². The standard InChI is InChI=1S/C13H20N4OS/c1-9(2)13(4,8-14)16-11(18)10(3)19-12-15-6-7-17(12)5/h6-7,9-10H,1-5H3,(H,16,18)/t10-,13+/m1/s1. The molecule has 2 atom stereocenters. The lowest BCUT2D eigenvalue weighted by molar-refractivity contribution is -0.121. The summed E-state index contributed by atoms with van der Waals surface area (Å²) in [6, 6.07) is 2.17. The van der Waals surface area contributed by atoms with E-state index in [0.717, 1.165) is 5.16 Å². The van der Waals surface area contributed by atoms with E-state index < -0.39 is 5.54 Å². The number of thioether (sulfide) groups is 1. The maximum absolute atomic E-state index is 12.1. The molecule has 0 bridgehead atoms. The average Bonchev–Trinajstić information content (AvgIpc) is 2.74. The van der Waals surface area contributed by atoms with Crippen molar-refractivity contribution in [3.05, 3.63) is 12.4 Å². The van der Waals surface area contributed by atoms with Gasteiger partial charge in [-0.05, 0) is 19.8 Å². The van der Waals surface area contributed by atoms with Gasteiger partial charge in [0.05, 0.1) is 11.3 Å². The van der Waals surface area contributed by atoms with Gasteiger partial charge < -0.3 is 9.88 Å². The van der Waals surface area contributed by atoms with Crippen LogP contribution in [0.1, 0.15) is 27.7 Å². The van der Waals surface area contributed by atoms with Gasteiger partial charge in [0.15, 0.2) is 5.16 Å². The number of aryl methyl sites for hydroxylation is 1. The van der Waals surface area contributed by atoms with Crippen molar-refractivity contribution in [1.82, 2.24) is 14.9 Å². The Hall–Kier alpha value is -1.48. The first-order valence-electron chi connectivity index (χ1n) is 6.17. The molecular weight excluding hydrogens is 260 g/mol. The van der Waals surface area contributed by atoms with Crippen molar-refractivity contribution in [2.24, 2.45) is 13.0 Å². The Kier molecular flexibility index (Phi) is 5.01. The van der Waals surface area contributed by atoms with Crippen molar-refractivity contribution in [3.63, 3.8) is 0 Å². The maximum Gasteiger partial charge on any atom is 0.234 e. The fourth-order valence-electron chi connectivity index (χ4n) is 1.34. The first kappa shape index (κ1) is 15.6. The van der Waals surface area contributed by atoms with Gasteiger partial charge in [-0.25, -0.2) is 4.98 Å². The summed E-state index contributed by atoms with van der Waals surface area (Å²) in [5, 5.41) is 12.5. The van der Waals surface area contributed by atoms with Crippen LogP contribution in [0.4, 0.5) is 0 Å². The zero-order valence-corrected chi connectivity index (χ0v) is 12.8. The Morgan fingerprint density at radius 1 is 1.58 bits per heavy atom. The molecule has 1 rings (SSSR count). The summed E-state index contributed by atoms with van der Waals surface area (Å²) in [6.45, 7) is 7.39. The molecule has 1 aromatic heterocycles. The second-order valence-electron chi connectivity index (χ2n) is 5.04. The van der Waals surface area contributed by atoms with Crippen molar-refractivity contribution in [3.8, 4) is 6.07 Å². The molecule has 1 N–H and O–H groups in total. The normalized spacial score (nSPS) is 15.6. The highest BCUT2D eigenvalue weighted by atomic mass is 32.2. The van der Waals surface area contributed by atoms with E-state index in [2.05, 4.69) is 16.4 Å². The minimum absolute atomic E-state index is 0.0480. The van der Waals surface area contributed by atoms with Crippen LogP contribution in [0.3, 0.4) is 0 Å². The highest BCUT2D eigenvalue weighted by molar-refractivity contribution is 8.00. The highest BCUT2D eigenvalue weighted by Crippen LogP contribution is 2.22. The second kappa shape index (κ2) is 6.11. The predicted molar refractivity (Wildman–Crippen MR) is 75.5 cm³/mol. The van der Waals surface area contributed by atoms with E-state index in [9.17, 15) is 10.1 Å². The molecule has 1 heterocycles. The van der Waals surface area contributed by atoms with Gasteiger partial charge in [-0.2, -0.15) is 5.26 Å². The number of nitriles is 1. The molecule has 0 saturated carbocycles. The third-order valence-corrected chi connectivity index (χ3v) is 4.37. The zero-order valence-electron chi connectivity index (χ0n) is 12.0. The molecule has 1 amide bonds. The highest BCUT2D eigenvalue weighted by Gasteiger charge is 2.32. The molecule has 6 heteroatoms. The Morgan fingerprint density at radius 3 is 2.63 bits per heavy atom. The van der Waals surface area contributed by atoms with Crippen LogP contribution < -0.4 is 5.32 Å². The van der Waals surface area contributed by atoms with Crippen LogP contribution in [0.5, 0.6) is 0 Å². The van der Waals surface area contributed by atoms with E-state index in [1.54, 1.807) is 13.1 Å². The average molecular weight is 280 g/mol. The Balaban J connectivity index is 2.69. The lowest BCUT2D eigenvalue weighted by Crippen LogP contribution is -2.51. The molecule has 0 saturated heterocycles. The van der Waals surface area contributed by atoms with E-state index in [-0.39, 0.29) is 17.1 Å². The molecule has 0 aliphatic carbocycles. The summed E-state index contributed by atoms with van der Waals surface area (Å²) in [6.07, 6.45) is 3.53. The van der Waals surface area contributed by atoms with Crippen molar-refractivity contribution in [1.29, 1.82) is 5.26 Å². The minimum atomic E-state index is -0.840. The largest absolute Gasteiger partial charge is 0.337 e. The van der Waals surface area contributed by atoms with Crippen LogP contribution in [0.15, 0.2) is 17.6 Å². The van der Waals surface area contributed by atoms with Crippen LogP contribution >= 0.6 is 11.8 Å². The minimum Gasteiger partial charge on any atom is -0.337 e. The quantitative estimate of drug-likeness (QED) is 0.837. The third-order valence-electron chi connectivity index (χ3n) is 3.20. The molecule has 0 radical (unpaired) electrons. The molecule has 104 valence electrons. The van der Waals surface area contributed by atoms with Crippen molar-refractivity contribution >= 4 is 17.7 Å². The Labute approximate surface area is 118 Å². The molecule has 0 aliphatic heterocycles. The number of carbonyl (C=O) groups is 1. The fourth-order valence-corrected chi connectivity index (χ4v) is 2.17. The molecule has 19 heavy (non-hydrogen) atoms. The van der Waals surface area contributed by atoms with Crippen molar-refractivity contribution in [2.75, 3.05) is 0 Å². The van der Waals surface area contributed by atoms with Crippen LogP contribution in [0, 0.1) is 17.2 Å². The van der Waals surface area contributed by atoms with Crippen LogP contribution in [0.25, 0.3) is 0 Å². The lowest BCUT2D eigenvalue weighted by atomic mass is 9.90. The van der Waals surface area contributed by atoms with Gasteiger partial charge in [-0.15, -0.1) is 0 Å². The summed E-state index contributed by atoms with van der Waals surface area (Å²) in [7, 11) is 1.88. The fraction of sp³-hybridized carbons (Fsp3) is 0.615. The van der Waals surface area contributed by atoms with Crippen molar-refractivity contribution < 1.29 is 4.79 Å². The van der Waals surface area contributed by atoms with Gasteiger partial charge in [-0.1, -0.05) is 25.6 Å². The zero-order chi connectivity index (χ0) is 14.6. The van der Waals surface area contributed by atoms with E-state index in [4.69, 9.17) is 0 Å². The van der Waals surface area contributed by atoms with Gasteiger partial charge in [0, 0.05) is 19.4 Å². The van der Waals surface area contributed by atoms with E-state index in [0.29, 0.717) is 0 Å². The number of hydrogen-bond acceptors (Lipinski definition) is 4. The summed E-state index contributed by atoms with van der Waals surface area (Å²) < 4.78 is 1.86. The molecule has 0 fully saturated rings. The number of nitrogens with zero attached hydrogens (tertiary/aromatic N) is 3. The van der Waals surface area contributed by atoms with E-state index >= 15 is 0 Å². The smallest absolute Gasteiger partial charge is 0.234 e. The summed E-state index contributed by atoms with van der Waals surface area (Å²) >= 11 is 1.38. The molecular formula is C13H20N4OS. The van der Waals surface area contributed by atoms with Gasteiger partial charge in [0.25, 0.3) is 0 Å². The third kappa shape index (κ3) is 3.74. The van der Waals surface area contributed by atoms with Crippen molar-refractivity contribution in [2.45, 2.75) is 43.6 Å². The molecule has 1 aromatic rings. The van der Waals surface area contributed by atoms with Crippen LogP contribution in [-0.2, 0) is 11.8 Å². The van der Waals surface area contributed by atoms with Gasteiger partial charge in [0.2, 0.25) is 5.91 Å². The van der Waals surface area contributed by atoms with E-state index in [1.165, 1.54) is 11.8 Å². The first-order chi connectivity index (χ1) is 8.80. The summed E-state index contributed by atoms with van der Waals surface area (Å²) in [5.41, 5.74) is -0.840. The molecule has 0 aliphatic rings. The molecule has 5 nitrogen and oxygen atoms in total. The van der Waals surface area contributed by atoms with E-state index in [1.807, 2.05) is 38.6 Å².